The van der Waals surface area contributed by atoms with E-state index in [0.29, 0.717) is 6.07 Å². The van der Waals surface area contributed by atoms with Crippen molar-refractivity contribution in [3.63, 3.8) is 0 Å². The van der Waals surface area contributed by atoms with Crippen LogP contribution in [0, 0.1) is 5.89 Å². The Hall–Kier alpha value is -9.94. The molecule has 0 spiro atoms. The van der Waals surface area contributed by atoms with Gasteiger partial charge in [0.15, 0.2) is 29.9 Å². The zero-order chi connectivity index (χ0) is 89.8. The average molecular weight is 1580 g/mol. The third kappa shape index (κ3) is 18.3. The topological polar surface area (TPSA) is 568 Å². The maximum absolute atomic E-state index is 16.1. The highest BCUT2D eigenvalue weighted by molar-refractivity contribution is 6.32. The molecule has 7 amide bonds. The number of hydrogen-bond donors (Lipinski definition) is 20. The van der Waals surface area contributed by atoms with Crippen LogP contribution in [0.1, 0.15) is 121 Å². The third-order valence-electron chi connectivity index (χ3n) is 17.3. The molecular weight excluding hydrogens is 1490 g/mol. The number of amides is 7. The number of phenolic OH excluding ortho intramolecular Hbond substituents is 3. The Balaban J connectivity index is 0.00000224. The number of likely N-dealkylation sites (N-methyl/N-ethyl adjacent to an activating group) is 1. The summed E-state index contributed by atoms with van der Waals surface area (Å²) in [4.78, 5) is 127. The van der Waals surface area contributed by atoms with Crippen molar-refractivity contribution >= 4 is 76.5 Å². The minimum atomic E-state index is -5.08. The van der Waals surface area contributed by atoms with Gasteiger partial charge < -0.3 is 133 Å². The molecule has 5 aromatic carbocycles. The third-order valence-corrected chi connectivity index (χ3v) is 17.8. The van der Waals surface area contributed by atoms with E-state index >= 15 is 19.2 Å². The van der Waals surface area contributed by atoms with E-state index in [0.717, 1.165) is 72.8 Å². The second-order valence-corrected chi connectivity index (χ2v) is 25.8. The molecule has 7 aliphatic heterocycles. The quantitative estimate of drug-likeness (QED) is 0.0773. The zero-order valence-corrected chi connectivity index (χ0v) is 57.0. The average Bonchev–Trinajstić information content (AvgIpc) is 0.700. The van der Waals surface area contributed by atoms with Gasteiger partial charge in [-0.05, 0) is 110 Å². The Labute approximate surface area is 636 Å². The number of aliphatic carboxylic acids is 2. The number of primary amides is 1. The molecule has 7 heterocycles. The molecule has 2 fully saturated rings. The predicted molar refractivity (Wildman–Crippen MR) is 363 cm³/mol. The van der Waals surface area contributed by atoms with Gasteiger partial charge in [0.05, 0.1) is 42.7 Å². The van der Waals surface area contributed by atoms with Gasteiger partial charge in [0.2, 0.25) is 53.4 Å². The molecule has 7 aliphatic rings. The van der Waals surface area contributed by atoms with Gasteiger partial charge in [0.1, 0.15) is 89.5 Å². The van der Waals surface area contributed by atoms with Crippen LogP contribution >= 0.6 is 23.2 Å². The maximum Gasteiger partial charge on any atom is 0.490 e. The fourth-order valence-corrected chi connectivity index (χ4v) is 12.4. The summed E-state index contributed by atoms with van der Waals surface area (Å²) in [5, 5.41) is 135. The van der Waals surface area contributed by atoms with E-state index in [4.69, 9.17) is 88.1 Å². The minimum absolute atomic E-state index is 0.332. The summed E-state index contributed by atoms with van der Waals surface area (Å²) >= 11 is 14.0. The van der Waals surface area contributed by atoms with Crippen LogP contribution in [0.2, 0.25) is 10.0 Å². The lowest BCUT2D eigenvalue weighted by molar-refractivity contribution is -0.333. The molecule has 584 valence electrons. The molecule has 18 atom stereocenters. The molecule has 35 nitrogen and oxygen atoms in total. The Bertz CT molecular complexity index is 4830. The number of nitrogens with two attached hydrogens (primary N) is 2. The second-order valence-electron chi connectivity index (χ2n) is 25.0. The number of benzene rings is 5. The van der Waals surface area contributed by atoms with Crippen molar-refractivity contribution in [1.82, 2.24) is 37.2 Å². The number of carboxylic acid groups (broad SMARTS) is 2. The van der Waals surface area contributed by atoms with Crippen LogP contribution < -0.4 is 62.9 Å². The first-order valence-corrected chi connectivity index (χ1v) is 32.4. The summed E-state index contributed by atoms with van der Waals surface area (Å²) in [6.45, 7) is -9.62. The van der Waals surface area contributed by atoms with Crippen LogP contribution in [-0.4, -0.2) is 208 Å². The van der Waals surface area contributed by atoms with Crippen molar-refractivity contribution in [2.24, 2.45) is 17.4 Å². The number of aliphatic hydroxyl groups is 6. The van der Waals surface area contributed by atoms with E-state index in [2.05, 4.69) is 21.3 Å². The van der Waals surface area contributed by atoms with Gasteiger partial charge in [0, 0.05) is 49.8 Å². The molecule has 0 aromatic heterocycles. The Morgan fingerprint density at radius 3 is 1.91 bits per heavy atom. The Morgan fingerprint density at radius 1 is 0.750 bits per heavy atom. The molecule has 0 aliphatic carbocycles. The number of aliphatic hydroxyl groups excluding tert-OH is 6. The first kappa shape index (κ1) is 66.3. The fourth-order valence-electron chi connectivity index (χ4n) is 11.9. The summed E-state index contributed by atoms with van der Waals surface area (Å²) in [6.07, 6.45) is -30.5. The number of alkyl halides is 3. The van der Waals surface area contributed by atoms with Crippen LogP contribution in [0.25, 0.3) is 11.1 Å². The van der Waals surface area contributed by atoms with E-state index in [1.807, 2.05) is 5.32 Å². The van der Waals surface area contributed by atoms with E-state index in [-0.39, 0.29) is 12.0 Å². The Kier molecular flexibility index (Phi) is 20.4. The molecule has 5 aromatic rings. The van der Waals surface area contributed by atoms with Gasteiger partial charge in [-0.15, -0.1) is 0 Å². The lowest BCUT2D eigenvalue weighted by Gasteiger charge is -2.47. The number of rotatable bonds is 13. The summed E-state index contributed by atoms with van der Waals surface area (Å²) < 4.78 is 169. The number of fused-ring (bicyclic) bond motifs is 15. The lowest BCUT2D eigenvalue weighted by Crippen LogP contribution is -2.64. The number of hydrogen-bond acceptors (Lipinski definition) is 26. The van der Waals surface area contributed by atoms with Gasteiger partial charge in [-0.2, -0.15) is 13.2 Å². The first-order valence-electron chi connectivity index (χ1n) is 37.8. The number of carboxylic acids is 2. The first-order chi connectivity index (χ1) is 55.4. The van der Waals surface area contributed by atoms with Crippen LogP contribution in [-0.2, 0) is 57.4 Å². The summed E-state index contributed by atoms with van der Waals surface area (Å²) in [5.41, 5.74) is 6.71. The van der Waals surface area contributed by atoms with Crippen LogP contribution in [0.5, 0.6) is 46.0 Å². The van der Waals surface area contributed by atoms with Gasteiger partial charge in [-0.1, -0.05) is 55.1 Å². The predicted octanol–water partition coefficient (Wildman–Crippen LogP) is 0.740. The number of ether oxygens (including phenoxy) is 6. The van der Waals surface area contributed by atoms with Gasteiger partial charge in [0.25, 0.3) is 0 Å². The largest absolute Gasteiger partial charge is 0.508 e. The van der Waals surface area contributed by atoms with Crippen molar-refractivity contribution in [1.29, 1.82) is 0 Å². The maximum atomic E-state index is 16.1. The Morgan fingerprint density at radius 2 is 1.34 bits per heavy atom. The molecule has 9 unspecified atom stereocenters. The molecule has 2 saturated heterocycles. The highest BCUT2D eigenvalue weighted by Crippen LogP contribution is 2.50. The minimum Gasteiger partial charge on any atom is -0.508 e. The molecule has 22 N–H and O–H groups in total. The molecule has 12 rings (SSSR count). The van der Waals surface area contributed by atoms with Crippen molar-refractivity contribution < 1.29 is 157 Å². The smallest absolute Gasteiger partial charge is 0.490 e. The summed E-state index contributed by atoms with van der Waals surface area (Å²) in [6, 6.07) is -7.84. The van der Waals surface area contributed by atoms with Crippen LogP contribution in [0.4, 0.5) is 13.2 Å². The van der Waals surface area contributed by atoms with Crippen molar-refractivity contribution in [2.45, 2.75) is 162 Å². The standard InChI is InChI=1S/C66H75Cl2N9O24.C2HF3O2/c1-23(2)12-34(71-5)58(88)76-49-51(83)26-7-10-38(32(67)14-26)97-40-16-28-17-41(55(40)101-65-56(54(86)53(85)42(22-78)99-65)100-44-21-66(4,70)57(87)24(3)96-44)98-39-11-8-27(15-33(39)68)52(84)50-63(93)75-48(64(94)95)31-18-29(79)19-37(81)45(31)30-13-25(6-9-36(30)80)46(60(90)77-50)74-61(91)47(28)73-59(89)35(20-43(69)82)72-62(49)92;3-2(4,5)1(6)7/h6-11,13-19,23-24,34-35,42,44,46-54,56-57,65,71,78-81,83-87H,12,20-22,70H2,1-5H3,(H2,69,82)(H,72,92)(H,73,89)(H,74,91)(H,75,93)(H,76,88)(H,77,90)(H,94,95);(H,6,7)/t24?,34-,35+,42?,44?,46-,47-,48-,49-,50+,51-,52-,53?,54?,56?,57?,65?,66?;/m1./s1/i1D3,2D3,5D2,12D2,23D,34D;. The number of nitrogens with one attached hydrogen (secondary N) is 7. The van der Waals surface area contributed by atoms with Crippen molar-refractivity contribution in [3.8, 4) is 57.1 Å². The van der Waals surface area contributed by atoms with E-state index in [1.165, 1.54) is 19.2 Å². The summed E-state index contributed by atoms with van der Waals surface area (Å²) in [5.74, 6) is -27.5. The highest BCUT2D eigenvalue weighted by atomic mass is 35.5. The van der Waals surface area contributed by atoms with E-state index in [9.17, 15) is 84.8 Å². The molecule has 40 heteroatoms. The molecule has 11 bridgehead atoms. The molecule has 0 radical (unpaired) electrons. The molecular formula is C68H76Cl2F3N9O26. The number of carbonyl (C=O) groups excluding carboxylic acids is 7. The number of carbonyl (C=O) groups is 9. The van der Waals surface area contributed by atoms with E-state index in [1.54, 1.807) is 5.32 Å². The van der Waals surface area contributed by atoms with Gasteiger partial charge >= 0.3 is 18.1 Å². The fraction of sp³-hybridized carbons (Fsp3) is 0.426. The highest BCUT2D eigenvalue weighted by Gasteiger charge is 2.52. The van der Waals surface area contributed by atoms with Crippen LogP contribution in [0.15, 0.2) is 78.9 Å². The lowest BCUT2D eigenvalue weighted by atomic mass is 9.86. The number of aromatic hydroxyl groups is 3. The normalized spacial score (nSPS) is 30.7. The molecule has 0 saturated carbocycles. The van der Waals surface area contributed by atoms with Gasteiger partial charge in [-0.3, -0.25) is 33.6 Å². The SMILES string of the molecule is O=C(O)C(F)(F)F.[2H]C([2H])N[C@@]([2H])(C(=O)N[C@H]1C(=O)N[C@@H](CC(N)=O)C(=O)N[C@H]2C(=O)N[C@H]3C(=O)N[C@H](C(=O)N[C@@H](C(=O)O)c4cc(O)cc(O)c4-c4cc3ccc4O)[C@H](O)c3ccc(c(Cl)c3)Oc3cc2cc(c3OC2OC(CO)C(O)C(O)C2OC2CC(C)(N)C(O)C(C)O2)Oc2ccc(cc2Cl)[C@H]1O)C([2H])([2H])C([2H])(C([2H])([2H])[2H])C([2H])([2H])[2H]. The monoisotopic (exact) mass is 1570 g/mol. The van der Waals surface area contributed by atoms with Crippen molar-refractivity contribution in [3.05, 3.63) is 117 Å². The summed E-state index contributed by atoms with van der Waals surface area (Å²) in [7, 11) is 0. The van der Waals surface area contributed by atoms with Crippen LogP contribution in [0.3, 0.4) is 0 Å². The zero-order valence-electron chi connectivity index (χ0n) is 67.5. The van der Waals surface area contributed by atoms with Gasteiger partial charge in [-0.25, -0.2) is 9.59 Å². The van der Waals surface area contributed by atoms with E-state index < -0.39 is 304 Å². The number of halogens is 5. The second kappa shape index (κ2) is 33.3. The van der Waals surface area contributed by atoms with Crippen molar-refractivity contribution in [2.75, 3.05) is 13.6 Å². The number of phenols is 3. The molecule has 108 heavy (non-hydrogen) atoms.